The lowest BCUT2D eigenvalue weighted by atomic mass is 10.1. The Labute approximate surface area is 128 Å². The highest BCUT2D eigenvalue weighted by molar-refractivity contribution is 5.53. The summed E-state index contributed by atoms with van der Waals surface area (Å²) < 4.78 is 1.56. The molecular weight excluding hydrogens is 280 g/mol. The number of aromatic amines is 1. The van der Waals surface area contributed by atoms with Gasteiger partial charge in [0, 0.05) is 6.54 Å². The second kappa shape index (κ2) is 5.81. The predicted octanol–water partition coefficient (Wildman–Crippen LogP) is 1.43. The number of fused-ring (bicyclic) bond motifs is 1. The number of nitrogens with one attached hydrogen (secondary N) is 2. The van der Waals surface area contributed by atoms with Crippen LogP contribution in [0.2, 0.25) is 0 Å². The summed E-state index contributed by atoms with van der Waals surface area (Å²) in [5.41, 5.74) is 1.67. The van der Waals surface area contributed by atoms with Gasteiger partial charge in [-0.25, -0.2) is 9.36 Å². The van der Waals surface area contributed by atoms with E-state index in [1.165, 1.54) is 0 Å². The summed E-state index contributed by atoms with van der Waals surface area (Å²) >= 11 is 0. The van der Waals surface area contributed by atoms with Gasteiger partial charge in [0.05, 0.1) is 17.9 Å². The van der Waals surface area contributed by atoms with E-state index in [1.54, 1.807) is 4.57 Å². The van der Waals surface area contributed by atoms with Crippen molar-refractivity contribution in [1.29, 1.82) is 0 Å². The van der Waals surface area contributed by atoms with Crippen LogP contribution in [0.4, 0.5) is 5.82 Å². The second-order valence-corrected chi connectivity index (χ2v) is 5.60. The fourth-order valence-electron chi connectivity index (χ4n) is 2.89. The summed E-state index contributed by atoms with van der Waals surface area (Å²) in [6, 6.07) is 7.65. The predicted molar refractivity (Wildman–Crippen MR) is 86.6 cm³/mol. The molecule has 116 valence electrons. The highest BCUT2D eigenvalue weighted by Crippen LogP contribution is 2.22. The highest BCUT2D eigenvalue weighted by atomic mass is 16.2. The maximum atomic E-state index is 12.3. The Morgan fingerprint density at radius 3 is 2.73 bits per heavy atom. The van der Waals surface area contributed by atoms with E-state index < -0.39 is 5.69 Å². The molecule has 0 unspecified atom stereocenters. The van der Waals surface area contributed by atoms with E-state index in [0.717, 1.165) is 24.2 Å². The van der Waals surface area contributed by atoms with Gasteiger partial charge in [0.2, 0.25) is 0 Å². The average molecular weight is 300 g/mol. The number of H-pyrrole nitrogens is 1. The molecular formula is C16H20N4O2. The van der Waals surface area contributed by atoms with Crippen LogP contribution < -0.4 is 16.6 Å². The molecule has 0 bridgehead atoms. The van der Waals surface area contributed by atoms with Crippen LogP contribution in [-0.4, -0.2) is 27.7 Å². The molecule has 0 aliphatic carbocycles. The maximum Gasteiger partial charge on any atom is 0.334 e. The van der Waals surface area contributed by atoms with E-state index in [-0.39, 0.29) is 5.56 Å². The third kappa shape index (κ3) is 2.46. The molecule has 0 radical (unpaired) electrons. The van der Waals surface area contributed by atoms with E-state index >= 15 is 0 Å². The number of anilines is 1. The molecule has 0 spiro atoms. The molecule has 2 aromatic rings. The Hall–Kier alpha value is -2.34. The lowest BCUT2D eigenvalue weighted by Crippen LogP contribution is -2.43. The molecule has 6 nitrogen and oxygen atoms in total. The van der Waals surface area contributed by atoms with Crippen molar-refractivity contribution in [2.75, 3.05) is 18.5 Å². The number of aryl methyl sites for hydroxylation is 1. The van der Waals surface area contributed by atoms with Gasteiger partial charge in [-0.15, -0.1) is 0 Å². The Kier molecular flexibility index (Phi) is 3.85. The molecule has 0 fully saturated rings. The van der Waals surface area contributed by atoms with Crippen molar-refractivity contribution in [3.63, 3.8) is 0 Å². The summed E-state index contributed by atoms with van der Waals surface area (Å²) in [6.07, 6.45) is 1.02. The lowest BCUT2D eigenvalue weighted by molar-refractivity contribution is 0.273. The molecule has 3 rings (SSSR count). The first-order valence-electron chi connectivity index (χ1n) is 7.52. The number of para-hydroxylation sites is 1. The van der Waals surface area contributed by atoms with Crippen LogP contribution in [0.25, 0.3) is 5.69 Å². The SMILES string of the molecule is CCCN1CNc2c(c(=O)[nH]c(=O)n2-c2ccccc2C)C1. The maximum absolute atomic E-state index is 12.3. The van der Waals surface area contributed by atoms with Crippen LogP contribution >= 0.6 is 0 Å². The van der Waals surface area contributed by atoms with Crippen molar-refractivity contribution in [2.24, 2.45) is 0 Å². The van der Waals surface area contributed by atoms with Gasteiger partial charge in [0.1, 0.15) is 5.82 Å². The van der Waals surface area contributed by atoms with Crippen molar-refractivity contribution in [3.05, 3.63) is 56.2 Å². The summed E-state index contributed by atoms with van der Waals surface area (Å²) in [5, 5.41) is 3.24. The number of hydrogen-bond donors (Lipinski definition) is 2. The van der Waals surface area contributed by atoms with Gasteiger partial charge < -0.3 is 5.32 Å². The zero-order valence-electron chi connectivity index (χ0n) is 12.8. The number of rotatable bonds is 3. The first kappa shape index (κ1) is 14.6. The number of benzene rings is 1. The molecule has 22 heavy (non-hydrogen) atoms. The minimum atomic E-state index is -0.408. The van der Waals surface area contributed by atoms with Crippen molar-refractivity contribution < 1.29 is 0 Å². The number of hydrogen-bond acceptors (Lipinski definition) is 4. The molecule has 2 N–H and O–H groups in total. The van der Waals surface area contributed by atoms with E-state index in [2.05, 4.69) is 22.1 Å². The summed E-state index contributed by atoms with van der Waals surface area (Å²) in [6.45, 7) is 6.15. The fraction of sp³-hybridized carbons (Fsp3) is 0.375. The van der Waals surface area contributed by atoms with Crippen LogP contribution in [0.5, 0.6) is 0 Å². The van der Waals surface area contributed by atoms with Crippen LogP contribution in [0, 0.1) is 6.92 Å². The molecule has 6 heteroatoms. The highest BCUT2D eigenvalue weighted by Gasteiger charge is 2.23. The zero-order chi connectivity index (χ0) is 15.7. The minimum absolute atomic E-state index is 0.307. The molecule has 1 aliphatic heterocycles. The molecule has 1 aromatic heterocycles. The first-order chi connectivity index (χ1) is 10.6. The number of nitrogens with zero attached hydrogens (tertiary/aromatic N) is 2. The normalized spacial score (nSPS) is 14.5. The Bertz CT molecular complexity index is 807. The van der Waals surface area contributed by atoms with Crippen LogP contribution in [0.3, 0.4) is 0 Å². The molecule has 0 saturated heterocycles. The topological polar surface area (TPSA) is 70.1 Å². The van der Waals surface area contributed by atoms with Crippen molar-refractivity contribution in [2.45, 2.75) is 26.8 Å². The van der Waals surface area contributed by atoms with E-state index in [0.29, 0.717) is 24.6 Å². The fourth-order valence-corrected chi connectivity index (χ4v) is 2.89. The van der Waals surface area contributed by atoms with E-state index in [1.807, 2.05) is 31.2 Å². The quantitative estimate of drug-likeness (QED) is 0.899. The van der Waals surface area contributed by atoms with Crippen molar-refractivity contribution >= 4 is 5.82 Å². The van der Waals surface area contributed by atoms with Crippen LogP contribution in [0.1, 0.15) is 24.5 Å². The first-order valence-corrected chi connectivity index (χ1v) is 7.52. The molecule has 2 heterocycles. The lowest BCUT2D eigenvalue weighted by Gasteiger charge is -2.30. The average Bonchev–Trinajstić information content (AvgIpc) is 2.50. The molecule has 1 aliphatic rings. The van der Waals surface area contributed by atoms with Gasteiger partial charge in [0.15, 0.2) is 0 Å². The van der Waals surface area contributed by atoms with E-state index in [4.69, 9.17) is 0 Å². The summed E-state index contributed by atoms with van der Waals surface area (Å²) in [4.78, 5) is 29.1. The largest absolute Gasteiger partial charge is 0.358 e. The smallest absolute Gasteiger partial charge is 0.334 e. The summed E-state index contributed by atoms with van der Waals surface area (Å²) in [5.74, 6) is 0.607. The Morgan fingerprint density at radius 2 is 2.00 bits per heavy atom. The standard InChI is InChI=1S/C16H20N4O2/c1-3-8-19-9-12-14(17-10-19)20(16(22)18-15(12)21)13-7-5-4-6-11(13)2/h4-7,17H,3,8-10H2,1-2H3,(H,18,21,22). The third-order valence-electron chi connectivity index (χ3n) is 3.96. The Balaban J connectivity index is 2.18. The van der Waals surface area contributed by atoms with Gasteiger partial charge in [-0.2, -0.15) is 0 Å². The zero-order valence-corrected chi connectivity index (χ0v) is 12.8. The second-order valence-electron chi connectivity index (χ2n) is 5.60. The summed E-state index contributed by atoms with van der Waals surface area (Å²) in [7, 11) is 0. The van der Waals surface area contributed by atoms with Gasteiger partial charge >= 0.3 is 5.69 Å². The molecule has 1 aromatic carbocycles. The van der Waals surface area contributed by atoms with Crippen LogP contribution in [-0.2, 0) is 6.54 Å². The minimum Gasteiger partial charge on any atom is -0.358 e. The number of aromatic nitrogens is 2. The van der Waals surface area contributed by atoms with Gasteiger partial charge in [-0.3, -0.25) is 14.7 Å². The van der Waals surface area contributed by atoms with Crippen molar-refractivity contribution in [1.82, 2.24) is 14.5 Å². The molecule has 0 atom stereocenters. The van der Waals surface area contributed by atoms with Gasteiger partial charge in [0.25, 0.3) is 5.56 Å². The molecule has 0 saturated carbocycles. The van der Waals surface area contributed by atoms with Crippen LogP contribution in [0.15, 0.2) is 33.9 Å². The molecule has 0 amide bonds. The van der Waals surface area contributed by atoms with Gasteiger partial charge in [-0.1, -0.05) is 25.1 Å². The third-order valence-corrected chi connectivity index (χ3v) is 3.96. The monoisotopic (exact) mass is 300 g/mol. The van der Waals surface area contributed by atoms with E-state index in [9.17, 15) is 9.59 Å². The Morgan fingerprint density at radius 1 is 1.23 bits per heavy atom. The van der Waals surface area contributed by atoms with Gasteiger partial charge in [-0.05, 0) is 31.5 Å². The van der Waals surface area contributed by atoms with Crippen molar-refractivity contribution in [3.8, 4) is 5.69 Å².